The first-order chi connectivity index (χ1) is 10.0. The van der Waals surface area contributed by atoms with Crippen LogP contribution in [-0.4, -0.2) is 59.8 Å². The van der Waals surface area contributed by atoms with E-state index in [2.05, 4.69) is 15.3 Å². The molecule has 2 fully saturated rings. The van der Waals surface area contributed by atoms with Gasteiger partial charge in [-0.15, -0.1) is 0 Å². The fourth-order valence-corrected chi connectivity index (χ4v) is 4.38. The quantitative estimate of drug-likeness (QED) is 0.864. The van der Waals surface area contributed by atoms with Crippen LogP contribution in [0.5, 0.6) is 0 Å². The Kier molecular flexibility index (Phi) is 3.79. The minimum absolute atomic E-state index is 0.0394. The van der Waals surface area contributed by atoms with E-state index in [4.69, 9.17) is 0 Å². The summed E-state index contributed by atoms with van der Waals surface area (Å²) in [6, 6.07) is -0.143. The van der Waals surface area contributed by atoms with Crippen molar-refractivity contribution in [3.63, 3.8) is 0 Å². The molecular formula is C13H18N4O3S. The van der Waals surface area contributed by atoms with Crippen LogP contribution in [0.1, 0.15) is 29.6 Å². The topological polar surface area (TPSA) is 92.3 Å². The van der Waals surface area contributed by atoms with E-state index in [1.54, 1.807) is 4.90 Å². The SMILES string of the molecule is O=C(c1cnc(NC2CCS(=O)(=O)C2)nc1)N1CCCC1. The van der Waals surface area contributed by atoms with Crippen LogP contribution < -0.4 is 5.32 Å². The summed E-state index contributed by atoms with van der Waals surface area (Å²) in [5.41, 5.74) is 0.474. The molecule has 0 aliphatic carbocycles. The van der Waals surface area contributed by atoms with Crippen LogP contribution in [0.25, 0.3) is 0 Å². The van der Waals surface area contributed by atoms with Crippen LogP contribution in [0.15, 0.2) is 12.4 Å². The lowest BCUT2D eigenvalue weighted by Crippen LogP contribution is -2.28. The van der Waals surface area contributed by atoms with Gasteiger partial charge < -0.3 is 10.2 Å². The van der Waals surface area contributed by atoms with Crippen LogP contribution in [0, 0.1) is 0 Å². The lowest BCUT2D eigenvalue weighted by molar-refractivity contribution is 0.0792. The van der Waals surface area contributed by atoms with Crippen LogP contribution in [0.2, 0.25) is 0 Å². The number of hydrogen-bond acceptors (Lipinski definition) is 6. The number of nitrogens with one attached hydrogen (secondary N) is 1. The molecule has 0 radical (unpaired) electrons. The average Bonchev–Trinajstić information content (AvgIpc) is 3.09. The van der Waals surface area contributed by atoms with Gasteiger partial charge in [-0.2, -0.15) is 0 Å². The smallest absolute Gasteiger partial charge is 0.256 e. The van der Waals surface area contributed by atoms with Crippen molar-refractivity contribution in [2.45, 2.75) is 25.3 Å². The van der Waals surface area contributed by atoms with E-state index in [1.165, 1.54) is 12.4 Å². The molecule has 114 valence electrons. The highest BCUT2D eigenvalue weighted by atomic mass is 32.2. The maximum atomic E-state index is 12.1. The normalized spacial score (nSPS) is 24.2. The molecule has 1 unspecified atom stereocenters. The highest BCUT2D eigenvalue weighted by molar-refractivity contribution is 7.91. The fraction of sp³-hybridized carbons (Fsp3) is 0.615. The predicted octanol–water partition coefficient (Wildman–Crippen LogP) is 0.312. The third kappa shape index (κ3) is 3.31. The summed E-state index contributed by atoms with van der Waals surface area (Å²) in [6.45, 7) is 1.58. The van der Waals surface area contributed by atoms with Gasteiger partial charge in [-0.05, 0) is 19.3 Å². The molecule has 0 saturated carbocycles. The number of carbonyl (C=O) groups is 1. The number of nitrogens with zero attached hydrogens (tertiary/aromatic N) is 3. The van der Waals surface area contributed by atoms with Crippen LogP contribution in [0.3, 0.4) is 0 Å². The summed E-state index contributed by atoms with van der Waals surface area (Å²) in [5, 5.41) is 3.01. The van der Waals surface area contributed by atoms with Crippen LogP contribution in [0.4, 0.5) is 5.95 Å². The monoisotopic (exact) mass is 310 g/mol. The lowest BCUT2D eigenvalue weighted by atomic mass is 10.3. The van der Waals surface area contributed by atoms with Crippen molar-refractivity contribution >= 4 is 21.7 Å². The number of sulfone groups is 1. The van der Waals surface area contributed by atoms with Gasteiger partial charge in [-0.1, -0.05) is 0 Å². The van der Waals surface area contributed by atoms with Crippen molar-refractivity contribution in [1.82, 2.24) is 14.9 Å². The van der Waals surface area contributed by atoms with E-state index < -0.39 is 9.84 Å². The van der Waals surface area contributed by atoms with E-state index >= 15 is 0 Å². The molecule has 2 aliphatic rings. The molecular weight excluding hydrogens is 292 g/mol. The van der Waals surface area contributed by atoms with E-state index in [0.29, 0.717) is 17.9 Å². The van der Waals surface area contributed by atoms with Gasteiger partial charge in [0.15, 0.2) is 9.84 Å². The first-order valence-corrected chi connectivity index (χ1v) is 8.94. The first kappa shape index (κ1) is 14.2. The maximum Gasteiger partial charge on any atom is 0.256 e. The highest BCUT2D eigenvalue weighted by Gasteiger charge is 2.28. The zero-order valence-corrected chi connectivity index (χ0v) is 12.5. The third-order valence-corrected chi connectivity index (χ3v) is 5.63. The van der Waals surface area contributed by atoms with Crippen molar-refractivity contribution in [3.05, 3.63) is 18.0 Å². The molecule has 7 nitrogen and oxygen atoms in total. The Bertz CT molecular complexity index is 623. The molecule has 1 atom stereocenters. The summed E-state index contributed by atoms with van der Waals surface area (Å²) in [4.78, 5) is 22.2. The zero-order chi connectivity index (χ0) is 14.9. The molecule has 2 aliphatic heterocycles. The Morgan fingerprint density at radius 1 is 1.24 bits per heavy atom. The molecule has 0 aromatic carbocycles. The van der Waals surface area contributed by atoms with Crippen molar-refractivity contribution in [2.75, 3.05) is 29.9 Å². The first-order valence-electron chi connectivity index (χ1n) is 7.12. The van der Waals surface area contributed by atoms with E-state index in [0.717, 1.165) is 25.9 Å². The van der Waals surface area contributed by atoms with Gasteiger partial charge in [-0.25, -0.2) is 18.4 Å². The van der Waals surface area contributed by atoms with Crippen molar-refractivity contribution in [3.8, 4) is 0 Å². The third-order valence-electron chi connectivity index (χ3n) is 3.86. The molecule has 21 heavy (non-hydrogen) atoms. The number of rotatable bonds is 3. The van der Waals surface area contributed by atoms with Crippen LogP contribution in [-0.2, 0) is 9.84 Å². The summed E-state index contributed by atoms with van der Waals surface area (Å²) in [7, 11) is -2.93. The molecule has 3 heterocycles. The minimum atomic E-state index is -2.93. The van der Waals surface area contributed by atoms with Gasteiger partial charge in [0, 0.05) is 31.5 Å². The van der Waals surface area contributed by atoms with Gasteiger partial charge in [0.1, 0.15) is 0 Å². The molecule has 1 amide bonds. The summed E-state index contributed by atoms with van der Waals surface area (Å²) >= 11 is 0. The average molecular weight is 310 g/mol. The molecule has 0 spiro atoms. The van der Waals surface area contributed by atoms with E-state index in [-0.39, 0.29) is 23.5 Å². The number of amides is 1. The van der Waals surface area contributed by atoms with E-state index in [9.17, 15) is 13.2 Å². The number of aromatic nitrogens is 2. The molecule has 1 N–H and O–H groups in total. The molecule has 1 aromatic rings. The zero-order valence-electron chi connectivity index (χ0n) is 11.7. The standard InChI is InChI=1S/C13H18N4O3S/c18-12(17-4-1-2-5-17)10-7-14-13(15-8-10)16-11-3-6-21(19,20)9-11/h7-8,11H,1-6,9H2,(H,14,15,16). The number of hydrogen-bond donors (Lipinski definition) is 1. The summed E-state index contributed by atoms with van der Waals surface area (Å²) < 4.78 is 22.8. The Labute approximate surface area is 123 Å². The lowest BCUT2D eigenvalue weighted by Gasteiger charge is -2.15. The largest absolute Gasteiger partial charge is 0.350 e. The van der Waals surface area contributed by atoms with Gasteiger partial charge in [-0.3, -0.25) is 4.79 Å². The second kappa shape index (κ2) is 5.59. The molecule has 8 heteroatoms. The summed E-state index contributed by atoms with van der Waals surface area (Å²) in [6.07, 6.45) is 5.66. The molecule has 1 aromatic heterocycles. The number of carbonyl (C=O) groups excluding carboxylic acids is 1. The van der Waals surface area contributed by atoms with Gasteiger partial charge >= 0.3 is 0 Å². The van der Waals surface area contributed by atoms with Gasteiger partial charge in [0.05, 0.1) is 17.1 Å². The predicted molar refractivity (Wildman–Crippen MR) is 77.9 cm³/mol. The maximum absolute atomic E-state index is 12.1. The van der Waals surface area contributed by atoms with Gasteiger partial charge in [0.25, 0.3) is 5.91 Å². The Balaban J connectivity index is 1.63. The molecule has 2 saturated heterocycles. The van der Waals surface area contributed by atoms with E-state index in [1.807, 2.05) is 0 Å². The summed E-state index contributed by atoms with van der Waals surface area (Å²) in [5.74, 6) is 0.652. The Morgan fingerprint density at radius 3 is 2.48 bits per heavy atom. The Hall–Kier alpha value is -1.70. The minimum Gasteiger partial charge on any atom is -0.350 e. The van der Waals surface area contributed by atoms with Crippen molar-refractivity contribution in [2.24, 2.45) is 0 Å². The highest BCUT2D eigenvalue weighted by Crippen LogP contribution is 2.16. The Morgan fingerprint density at radius 2 is 1.90 bits per heavy atom. The second-order valence-electron chi connectivity index (χ2n) is 5.54. The second-order valence-corrected chi connectivity index (χ2v) is 7.77. The van der Waals surface area contributed by atoms with Crippen molar-refractivity contribution < 1.29 is 13.2 Å². The molecule has 0 bridgehead atoms. The molecule has 3 rings (SSSR count). The van der Waals surface area contributed by atoms with Crippen LogP contribution >= 0.6 is 0 Å². The number of anilines is 1. The van der Waals surface area contributed by atoms with Crippen molar-refractivity contribution in [1.29, 1.82) is 0 Å². The van der Waals surface area contributed by atoms with Gasteiger partial charge in [0.2, 0.25) is 5.95 Å². The fourth-order valence-electron chi connectivity index (χ4n) is 2.71. The number of likely N-dealkylation sites (tertiary alicyclic amines) is 1.